The van der Waals surface area contributed by atoms with Crippen LogP contribution in [0.4, 0.5) is 0 Å². The van der Waals surface area contributed by atoms with Gasteiger partial charge in [0.15, 0.2) is 0 Å². The first-order chi connectivity index (χ1) is 9.67. The Hall–Kier alpha value is -0.780. The Morgan fingerprint density at radius 2 is 2.00 bits per heavy atom. The fourth-order valence-corrected chi connectivity index (χ4v) is 2.72. The highest BCUT2D eigenvalue weighted by molar-refractivity contribution is 14.1. The molecule has 2 aromatic rings. The van der Waals surface area contributed by atoms with Crippen LogP contribution in [0, 0.1) is 3.57 Å². The monoisotopic (exact) mass is 401 g/mol. The van der Waals surface area contributed by atoms with Crippen molar-refractivity contribution in [2.75, 3.05) is 13.7 Å². The summed E-state index contributed by atoms with van der Waals surface area (Å²) in [5, 5.41) is 4.11. The van der Waals surface area contributed by atoms with Gasteiger partial charge in [0.1, 0.15) is 5.75 Å². The molecule has 4 heteroatoms. The van der Waals surface area contributed by atoms with Crippen LogP contribution in [0.2, 0.25) is 5.02 Å². The number of ether oxygens (including phenoxy) is 1. The highest BCUT2D eigenvalue weighted by Crippen LogP contribution is 2.32. The number of rotatable bonds is 5. The minimum atomic E-state index is 0.0623. The molecule has 2 aromatic carbocycles. The molecule has 0 aliphatic carbocycles. The zero-order chi connectivity index (χ0) is 14.5. The molecule has 0 saturated heterocycles. The van der Waals surface area contributed by atoms with Crippen LogP contribution in [0.3, 0.4) is 0 Å². The van der Waals surface area contributed by atoms with Gasteiger partial charge in [-0.15, -0.1) is 0 Å². The second kappa shape index (κ2) is 7.29. The van der Waals surface area contributed by atoms with E-state index in [1.165, 1.54) is 0 Å². The van der Waals surface area contributed by atoms with E-state index < -0.39 is 0 Å². The van der Waals surface area contributed by atoms with Crippen molar-refractivity contribution in [2.24, 2.45) is 0 Å². The number of nitrogens with one attached hydrogen (secondary N) is 1. The average Bonchev–Trinajstić information content (AvgIpc) is 2.45. The quantitative estimate of drug-likeness (QED) is 0.736. The largest absolute Gasteiger partial charge is 0.494 e. The van der Waals surface area contributed by atoms with Gasteiger partial charge in [0.25, 0.3) is 0 Å². The molecule has 2 nitrogen and oxygen atoms in total. The molecule has 0 aliphatic heterocycles. The lowest BCUT2D eigenvalue weighted by Gasteiger charge is -2.20. The van der Waals surface area contributed by atoms with Crippen molar-refractivity contribution < 1.29 is 4.74 Å². The van der Waals surface area contributed by atoms with E-state index in [-0.39, 0.29) is 6.04 Å². The maximum Gasteiger partial charge on any atom is 0.124 e. The number of halogens is 2. The highest BCUT2D eigenvalue weighted by Gasteiger charge is 2.17. The van der Waals surface area contributed by atoms with Crippen molar-refractivity contribution in [3.63, 3.8) is 0 Å². The summed E-state index contributed by atoms with van der Waals surface area (Å²) >= 11 is 8.47. The van der Waals surface area contributed by atoms with Crippen LogP contribution in [0.1, 0.15) is 24.1 Å². The zero-order valence-corrected chi connectivity index (χ0v) is 14.4. The summed E-state index contributed by atoms with van der Waals surface area (Å²) in [5.74, 6) is 0.907. The van der Waals surface area contributed by atoms with Crippen molar-refractivity contribution >= 4 is 34.2 Å². The molecule has 1 N–H and O–H groups in total. The first-order valence-corrected chi connectivity index (χ1v) is 7.97. The Kier molecular flexibility index (Phi) is 5.69. The molecule has 1 unspecified atom stereocenters. The van der Waals surface area contributed by atoms with Gasteiger partial charge in [0.05, 0.1) is 17.7 Å². The van der Waals surface area contributed by atoms with Crippen molar-refractivity contribution in [3.8, 4) is 5.75 Å². The van der Waals surface area contributed by atoms with E-state index >= 15 is 0 Å². The molecular formula is C16H17ClINO. The Bertz CT molecular complexity index is 588. The van der Waals surface area contributed by atoms with Gasteiger partial charge in [0, 0.05) is 9.13 Å². The smallest absolute Gasteiger partial charge is 0.124 e. The van der Waals surface area contributed by atoms with E-state index in [0.717, 1.165) is 25.5 Å². The molecule has 0 radical (unpaired) electrons. The van der Waals surface area contributed by atoms with E-state index in [2.05, 4.69) is 40.0 Å². The lowest BCUT2D eigenvalue weighted by molar-refractivity contribution is 0.334. The van der Waals surface area contributed by atoms with Crippen LogP contribution >= 0.6 is 34.2 Å². The summed E-state index contributed by atoms with van der Waals surface area (Å²) in [6, 6.07) is 14.3. The van der Waals surface area contributed by atoms with Gasteiger partial charge in [-0.3, -0.25) is 0 Å². The highest BCUT2D eigenvalue weighted by atomic mass is 127. The van der Waals surface area contributed by atoms with Gasteiger partial charge in [0.2, 0.25) is 0 Å². The standard InChI is InChI=1S/C16H17ClINO/c1-3-20-15-7-5-4-6-12(15)16(19-2)11-8-9-14(18)13(17)10-11/h4-10,16,19H,3H2,1-2H3. The van der Waals surface area contributed by atoms with E-state index in [9.17, 15) is 0 Å². The van der Waals surface area contributed by atoms with Crippen LogP contribution in [-0.4, -0.2) is 13.7 Å². The minimum Gasteiger partial charge on any atom is -0.494 e. The predicted molar refractivity (Wildman–Crippen MR) is 92.7 cm³/mol. The molecule has 0 heterocycles. The van der Waals surface area contributed by atoms with Crippen molar-refractivity contribution in [1.82, 2.24) is 5.32 Å². The van der Waals surface area contributed by atoms with E-state index in [4.69, 9.17) is 16.3 Å². The van der Waals surface area contributed by atoms with Gasteiger partial charge in [-0.2, -0.15) is 0 Å². The van der Waals surface area contributed by atoms with Crippen LogP contribution < -0.4 is 10.1 Å². The van der Waals surface area contributed by atoms with Crippen molar-refractivity contribution in [1.29, 1.82) is 0 Å². The number of benzene rings is 2. The summed E-state index contributed by atoms with van der Waals surface area (Å²) in [5.41, 5.74) is 2.25. The van der Waals surface area contributed by atoms with Crippen LogP contribution in [0.15, 0.2) is 42.5 Å². The second-order valence-electron chi connectivity index (χ2n) is 4.37. The third kappa shape index (κ3) is 3.45. The van der Waals surface area contributed by atoms with Gasteiger partial charge in [-0.05, 0) is 60.3 Å². The molecular weight excluding hydrogens is 385 g/mol. The molecule has 0 spiro atoms. The lowest BCUT2D eigenvalue weighted by Crippen LogP contribution is -2.18. The molecule has 0 aliphatic rings. The normalized spacial score (nSPS) is 12.2. The second-order valence-corrected chi connectivity index (χ2v) is 5.94. The van der Waals surface area contributed by atoms with Crippen molar-refractivity contribution in [2.45, 2.75) is 13.0 Å². The van der Waals surface area contributed by atoms with Gasteiger partial charge < -0.3 is 10.1 Å². The third-order valence-corrected chi connectivity index (χ3v) is 4.67. The molecule has 1 atom stereocenters. The molecule has 0 fully saturated rings. The fourth-order valence-electron chi connectivity index (χ4n) is 2.20. The summed E-state index contributed by atoms with van der Waals surface area (Å²) in [6.45, 7) is 2.65. The Morgan fingerprint density at radius 3 is 2.65 bits per heavy atom. The number of para-hydroxylation sites is 1. The summed E-state index contributed by atoms with van der Waals surface area (Å²) in [4.78, 5) is 0. The summed E-state index contributed by atoms with van der Waals surface area (Å²) in [6.07, 6.45) is 0. The Balaban J connectivity index is 2.44. The molecule has 0 bridgehead atoms. The molecule has 2 rings (SSSR count). The minimum absolute atomic E-state index is 0.0623. The third-order valence-electron chi connectivity index (χ3n) is 3.10. The Labute approximate surface area is 138 Å². The number of hydrogen-bond acceptors (Lipinski definition) is 2. The maximum absolute atomic E-state index is 6.24. The summed E-state index contributed by atoms with van der Waals surface area (Å²) < 4.78 is 6.78. The zero-order valence-electron chi connectivity index (χ0n) is 11.5. The topological polar surface area (TPSA) is 21.3 Å². The average molecular weight is 402 g/mol. The van der Waals surface area contributed by atoms with Crippen molar-refractivity contribution in [3.05, 3.63) is 62.2 Å². The number of hydrogen-bond donors (Lipinski definition) is 1. The van der Waals surface area contributed by atoms with E-state index in [1.54, 1.807) is 0 Å². The summed E-state index contributed by atoms with van der Waals surface area (Å²) in [7, 11) is 1.94. The van der Waals surface area contributed by atoms with Crippen LogP contribution in [0.5, 0.6) is 5.75 Å². The van der Waals surface area contributed by atoms with Crippen LogP contribution in [-0.2, 0) is 0 Å². The molecule has 0 amide bonds. The Morgan fingerprint density at radius 1 is 1.25 bits per heavy atom. The predicted octanol–water partition coefficient (Wildman–Crippen LogP) is 4.65. The fraction of sp³-hybridized carbons (Fsp3) is 0.250. The van der Waals surface area contributed by atoms with E-state index in [1.807, 2.05) is 44.3 Å². The molecule has 106 valence electrons. The maximum atomic E-state index is 6.24. The molecule has 0 aromatic heterocycles. The lowest BCUT2D eigenvalue weighted by atomic mass is 9.98. The van der Waals surface area contributed by atoms with E-state index in [0.29, 0.717) is 6.61 Å². The van der Waals surface area contributed by atoms with Gasteiger partial charge >= 0.3 is 0 Å². The van der Waals surface area contributed by atoms with Gasteiger partial charge in [-0.25, -0.2) is 0 Å². The first-order valence-electron chi connectivity index (χ1n) is 6.51. The SMILES string of the molecule is CCOc1ccccc1C(NC)c1ccc(I)c(Cl)c1. The first kappa shape index (κ1) is 15.6. The molecule has 0 saturated carbocycles. The van der Waals surface area contributed by atoms with Gasteiger partial charge in [-0.1, -0.05) is 35.9 Å². The molecule has 20 heavy (non-hydrogen) atoms. The van der Waals surface area contributed by atoms with Crippen LogP contribution in [0.25, 0.3) is 0 Å².